The van der Waals surface area contributed by atoms with E-state index in [1.54, 1.807) is 11.3 Å². The van der Waals surface area contributed by atoms with E-state index < -0.39 is 0 Å². The number of hydrogen-bond donors (Lipinski definition) is 1. The van der Waals surface area contributed by atoms with Crippen LogP contribution < -0.4 is 5.32 Å². The number of hydrogen-bond acceptors (Lipinski definition) is 2. The summed E-state index contributed by atoms with van der Waals surface area (Å²) >= 11 is 1.73. The van der Waals surface area contributed by atoms with Gasteiger partial charge in [0.2, 0.25) is 0 Å². The molecule has 66 valence electrons. The fourth-order valence-electron chi connectivity index (χ4n) is 1.02. The van der Waals surface area contributed by atoms with Crippen molar-refractivity contribution in [3.8, 4) is 0 Å². The Kier molecular flexibility index (Phi) is 4.05. The zero-order valence-electron chi connectivity index (χ0n) is 7.58. The van der Waals surface area contributed by atoms with E-state index in [0.717, 1.165) is 6.54 Å². The molecule has 2 heteroatoms. The minimum atomic E-state index is 0.467. The predicted molar refractivity (Wildman–Crippen MR) is 56.5 cm³/mol. The second-order valence-electron chi connectivity index (χ2n) is 2.76. The van der Waals surface area contributed by atoms with E-state index in [0.29, 0.717) is 6.04 Å². The van der Waals surface area contributed by atoms with Gasteiger partial charge >= 0.3 is 0 Å². The van der Waals surface area contributed by atoms with Gasteiger partial charge in [0.15, 0.2) is 0 Å². The van der Waals surface area contributed by atoms with Crippen molar-refractivity contribution < 1.29 is 0 Å². The quantitative estimate of drug-likeness (QED) is 0.753. The molecule has 1 aromatic rings. The van der Waals surface area contributed by atoms with Gasteiger partial charge in [0.05, 0.1) is 0 Å². The monoisotopic (exact) mass is 181 g/mol. The van der Waals surface area contributed by atoms with Gasteiger partial charge in [-0.15, -0.1) is 0 Å². The van der Waals surface area contributed by atoms with E-state index >= 15 is 0 Å². The highest BCUT2D eigenvalue weighted by atomic mass is 32.1. The van der Waals surface area contributed by atoms with Crippen LogP contribution in [0.2, 0.25) is 0 Å². The first-order chi connectivity index (χ1) is 5.83. The SMILES string of the molecule is CCNC(C)/C=C/c1ccsc1. The number of nitrogens with one attached hydrogen (secondary N) is 1. The molecule has 0 aromatic carbocycles. The second-order valence-corrected chi connectivity index (χ2v) is 3.54. The van der Waals surface area contributed by atoms with E-state index in [1.807, 2.05) is 0 Å². The smallest absolute Gasteiger partial charge is 0.0224 e. The zero-order chi connectivity index (χ0) is 8.81. The summed E-state index contributed by atoms with van der Waals surface area (Å²) < 4.78 is 0. The molecular weight excluding hydrogens is 166 g/mol. The summed E-state index contributed by atoms with van der Waals surface area (Å²) in [5.74, 6) is 0. The first-order valence-corrected chi connectivity index (χ1v) is 5.21. The van der Waals surface area contributed by atoms with Crippen LogP contribution in [0.4, 0.5) is 0 Å². The fourth-order valence-corrected chi connectivity index (χ4v) is 1.64. The highest BCUT2D eigenvalue weighted by molar-refractivity contribution is 7.08. The zero-order valence-corrected chi connectivity index (χ0v) is 8.40. The maximum Gasteiger partial charge on any atom is 0.0224 e. The molecule has 0 fully saturated rings. The molecule has 1 nitrogen and oxygen atoms in total. The van der Waals surface area contributed by atoms with Crippen molar-refractivity contribution in [2.24, 2.45) is 0 Å². The predicted octanol–water partition coefficient (Wildman–Crippen LogP) is 2.76. The molecule has 0 aliphatic rings. The Bertz CT molecular complexity index is 226. The van der Waals surface area contributed by atoms with Gasteiger partial charge < -0.3 is 5.32 Å². The molecule has 0 aliphatic heterocycles. The Morgan fingerprint density at radius 1 is 1.67 bits per heavy atom. The summed E-state index contributed by atoms with van der Waals surface area (Å²) in [5.41, 5.74) is 1.30. The molecule has 1 N–H and O–H groups in total. The van der Waals surface area contributed by atoms with Gasteiger partial charge in [-0.3, -0.25) is 0 Å². The maximum atomic E-state index is 3.32. The average molecular weight is 181 g/mol. The molecular formula is C10H15NS. The van der Waals surface area contributed by atoms with Crippen LogP contribution >= 0.6 is 11.3 Å². The molecule has 1 rings (SSSR count). The highest BCUT2D eigenvalue weighted by Gasteiger charge is 1.91. The summed E-state index contributed by atoms with van der Waals surface area (Å²) in [5, 5.41) is 7.57. The largest absolute Gasteiger partial charge is 0.311 e. The molecule has 0 saturated carbocycles. The minimum absolute atomic E-state index is 0.467. The Hall–Kier alpha value is -0.600. The van der Waals surface area contributed by atoms with Crippen LogP contribution in [0.5, 0.6) is 0 Å². The van der Waals surface area contributed by atoms with Crippen molar-refractivity contribution in [1.82, 2.24) is 5.32 Å². The molecule has 1 atom stereocenters. The molecule has 1 unspecified atom stereocenters. The lowest BCUT2D eigenvalue weighted by molar-refractivity contribution is 0.663. The molecule has 0 spiro atoms. The van der Waals surface area contributed by atoms with E-state index in [1.165, 1.54) is 5.56 Å². The van der Waals surface area contributed by atoms with Crippen LogP contribution in [0, 0.1) is 0 Å². The molecule has 1 aromatic heterocycles. The topological polar surface area (TPSA) is 12.0 Å². The maximum absolute atomic E-state index is 3.32. The van der Waals surface area contributed by atoms with Crippen molar-refractivity contribution in [2.75, 3.05) is 6.54 Å². The lowest BCUT2D eigenvalue weighted by Crippen LogP contribution is -2.22. The molecule has 0 saturated heterocycles. The van der Waals surface area contributed by atoms with Crippen LogP contribution in [-0.4, -0.2) is 12.6 Å². The summed E-state index contributed by atoms with van der Waals surface area (Å²) in [6.45, 7) is 5.30. The third-order valence-electron chi connectivity index (χ3n) is 1.65. The normalized spacial score (nSPS) is 13.8. The van der Waals surface area contributed by atoms with Gasteiger partial charge in [0.1, 0.15) is 0 Å². The van der Waals surface area contributed by atoms with Crippen molar-refractivity contribution in [3.63, 3.8) is 0 Å². The van der Waals surface area contributed by atoms with Gasteiger partial charge in [-0.2, -0.15) is 11.3 Å². The first kappa shape index (κ1) is 9.49. The Morgan fingerprint density at radius 3 is 3.08 bits per heavy atom. The molecule has 0 aliphatic carbocycles. The average Bonchev–Trinajstić information content (AvgIpc) is 2.53. The molecule has 12 heavy (non-hydrogen) atoms. The van der Waals surface area contributed by atoms with Crippen molar-refractivity contribution >= 4 is 17.4 Å². The van der Waals surface area contributed by atoms with Gasteiger partial charge in [0, 0.05) is 6.04 Å². The lowest BCUT2D eigenvalue weighted by Gasteiger charge is -2.04. The van der Waals surface area contributed by atoms with Crippen LogP contribution in [0.3, 0.4) is 0 Å². The minimum Gasteiger partial charge on any atom is -0.311 e. The van der Waals surface area contributed by atoms with Crippen molar-refractivity contribution in [1.29, 1.82) is 0 Å². The third-order valence-corrected chi connectivity index (χ3v) is 2.35. The van der Waals surface area contributed by atoms with Gasteiger partial charge in [-0.05, 0) is 35.9 Å². The first-order valence-electron chi connectivity index (χ1n) is 4.26. The van der Waals surface area contributed by atoms with Gasteiger partial charge in [-0.25, -0.2) is 0 Å². The van der Waals surface area contributed by atoms with Gasteiger partial charge in [-0.1, -0.05) is 19.1 Å². The van der Waals surface area contributed by atoms with Crippen molar-refractivity contribution in [2.45, 2.75) is 19.9 Å². The third kappa shape index (κ3) is 3.20. The standard InChI is InChI=1S/C10H15NS/c1-3-11-9(2)4-5-10-6-7-12-8-10/h4-9,11H,3H2,1-2H3/b5-4+. The van der Waals surface area contributed by atoms with Crippen LogP contribution in [-0.2, 0) is 0 Å². The van der Waals surface area contributed by atoms with Gasteiger partial charge in [0.25, 0.3) is 0 Å². The van der Waals surface area contributed by atoms with Crippen molar-refractivity contribution in [3.05, 3.63) is 28.5 Å². The Morgan fingerprint density at radius 2 is 2.50 bits per heavy atom. The second kappa shape index (κ2) is 5.12. The molecule has 0 radical (unpaired) electrons. The fraction of sp³-hybridized carbons (Fsp3) is 0.400. The van der Waals surface area contributed by atoms with Crippen LogP contribution in [0.15, 0.2) is 22.9 Å². The van der Waals surface area contributed by atoms with Crippen LogP contribution in [0.25, 0.3) is 6.08 Å². The Balaban J connectivity index is 2.40. The van der Waals surface area contributed by atoms with E-state index in [4.69, 9.17) is 0 Å². The number of thiophene rings is 1. The highest BCUT2D eigenvalue weighted by Crippen LogP contribution is 2.07. The van der Waals surface area contributed by atoms with Crippen LogP contribution in [0.1, 0.15) is 19.4 Å². The summed E-state index contributed by atoms with van der Waals surface area (Å²) in [6, 6.07) is 2.59. The molecule has 0 bridgehead atoms. The molecule has 0 amide bonds. The number of rotatable bonds is 4. The van der Waals surface area contributed by atoms with E-state index in [2.05, 4.69) is 48.1 Å². The molecule has 1 heterocycles. The Labute approximate surface area is 78.1 Å². The van der Waals surface area contributed by atoms with E-state index in [9.17, 15) is 0 Å². The van der Waals surface area contributed by atoms with E-state index in [-0.39, 0.29) is 0 Å². The summed E-state index contributed by atoms with van der Waals surface area (Å²) in [7, 11) is 0. The lowest BCUT2D eigenvalue weighted by atomic mass is 10.2. The summed E-state index contributed by atoms with van der Waals surface area (Å²) in [4.78, 5) is 0. The number of likely N-dealkylation sites (N-methyl/N-ethyl adjacent to an activating group) is 1. The summed E-state index contributed by atoms with van der Waals surface area (Å²) in [6.07, 6.45) is 4.34.